The molecule has 2 atom stereocenters. The molecule has 0 aromatic rings. The van der Waals surface area contributed by atoms with E-state index in [1.54, 1.807) is 0 Å². The third-order valence-corrected chi connectivity index (χ3v) is 2.23. The van der Waals surface area contributed by atoms with E-state index in [-0.39, 0.29) is 0 Å². The molecule has 2 nitrogen and oxygen atoms in total. The van der Waals surface area contributed by atoms with Crippen LogP contribution in [0.3, 0.4) is 0 Å². The Balaban J connectivity index is 2.03. The summed E-state index contributed by atoms with van der Waals surface area (Å²) in [6.07, 6.45) is 6.46. The van der Waals surface area contributed by atoms with Gasteiger partial charge in [-0.25, -0.2) is 0 Å². The van der Waals surface area contributed by atoms with Crippen LogP contribution in [0.5, 0.6) is 0 Å². The van der Waals surface area contributed by atoms with Crippen molar-refractivity contribution in [3.8, 4) is 0 Å². The Morgan fingerprint density at radius 1 is 1.56 bits per heavy atom. The Morgan fingerprint density at radius 2 is 2.56 bits per heavy atom. The average molecular weight is 124 g/mol. The number of aliphatic imine (C=N–C) groups is 1. The molecule has 2 heterocycles. The minimum atomic E-state index is 0.485. The third kappa shape index (κ3) is 0.874. The van der Waals surface area contributed by atoms with Gasteiger partial charge < -0.3 is 0 Å². The minimum absolute atomic E-state index is 0.485. The fourth-order valence-corrected chi connectivity index (χ4v) is 1.67. The second kappa shape index (κ2) is 2.10. The van der Waals surface area contributed by atoms with Crippen LogP contribution < -0.4 is 5.32 Å². The van der Waals surface area contributed by atoms with Crippen LogP contribution >= 0.6 is 0 Å². The number of nitrogens with one attached hydrogen (secondary N) is 1. The lowest BCUT2D eigenvalue weighted by Gasteiger charge is -2.24. The van der Waals surface area contributed by atoms with Crippen LogP contribution in [0.2, 0.25) is 0 Å². The molecule has 2 aliphatic heterocycles. The van der Waals surface area contributed by atoms with Crippen molar-refractivity contribution in [3.05, 3.63) is 0 Å². The molecule has 0 spiro atoms. The van der Waals surface area contributed by atoms with Crippen molar-refractivity contribution in [1.82, 2.24) is 5.32 Å². The lowest BCUT2D eigenvalue weighted by Crippen LogP contribution is -2.37. The van der Waals surface area contributed by atoms with Gasteiger partial charge >= 0.3 is 0 Å². The van der Waals surface area contributed by atoms with Crippen LogP contribution in [-0.2, 0) is 0 Å². The molecule has 0 amide bonds. The van der Waals surface area contributed by atoms with E-state index in [4.69, 9.17) is 0 Å². The molecule has 0 radical (unpaired) electrons. The van der Waals surface area contributed by atoms with E-state index in [0.717, 1.165) is 5.92 Å². The van der Waals surface area contributed by atoms with Crippen LogP contribution in [0.4, 0.5) is 0 Å². The molecule has 0 unspecified atom stereocenters. The maximum Gasteiger partial charge on any atom is 0.102 e. The van der Waals surface area contributed by atoms with E-state index in [1.807, 2.05) is 0 Å². The zero-order valence-electron chi connectivity index (χ0n) is 5.51. The van der Waals surface area contributed by atoms with Crippen molar-refractivity contribution in [1.29, 1.82) is 0 Å². The highest BCUT2D eigenvalue weighted by molar-refractivity contribution is 5.60. The molecule has 1 fully saturated rings. The molecule has 2 heteroatoms. The van der Waals surface area contributed by atoms with Gasteiger partial charge in [0.05, 0.1) is 0 Å². The summed E-state index contributed by atoms with van der Waals surface area (Å²) in [5.74, 6) is 0.832. The molecule has 0 aromatic carbocycles. The van der Waals surface area contributed by atoms with Crippen molar-refractivity contribution < 1.29 is 0 Å². The number of rotatable bonds is 0. The minimum Gasteiger partial charge on any atom is -0.296 e. The number of hydrogen-bond acceptors (Lipinski definition) is 2. The van der Waals surface area contributed by atoms with Gasteiger partial charge in [-0.3, -0.25) is 10.3 Å². The Labute approximate surface area is 55.4 Å². The Hall–Kier alpha value is -0.370. The van der Waals surface area contributed by atoms with Gasteiger partial charge in [0, 0.05) is 6.21 Å². The predicted octanol–water partition coefficient (Wildman–Crippen LogP) is 0.787. The predicted molar refractivity (Wildman–Crippen MR) is 37.6 cm³/mol. The zero-order valence-corrected chi connectivity index (χ0v) is 5.51. The van der Waals surface area contributed by atoms with E-state index >= 15 is 0 Å². The van der Waals surface area contributed by atoms with Crippen molar-refractivity contribution in [2.45, 2.75) is 25.4 Å². The van der Waals surface area contributed by atoms with E-state index in [2.05, 4.69) is 16.5 Å². The van der Waals surface area contributed by atoms with Crippen molar-refractivity contribution in [2.24, 2.45) is 10.9 Å². The average Bonchev–Trinajstić information content (AvgIpc) is 2.33. The van der Waals surface area contributed by atoms with Gasteiger partial charge in [0.25, 0.3) is 0 Å². The van der Waals surface area contributed by atoms with Gasteiger partial charge in [0.2, 0.25) is 0 Å². The zero-order chi connectivity index (χ0) is 6.10. The maximum absolute atomic E-state index is 4.32. The first-order valence-electron chi connectivity index (χ1n) is 3.72. The van der Waals surface area contributed by atoms with Gasteiger partial charge in [-0.05, 0) is 31.7 Å². The normalized spacial score (nSPS) is 40.9. The quantitative estimate of drug-likeness (QED) is 0.507. The van der Waals surface area contributed by atoms with Crippen LogP contribution in [0.15, 0.2) is 4.99 Å². The molecule has 0 aliphatic carbocycles. The van der Waals surface area contributed by atoms with Gasteiger partial charge in [0.15, 0.2) is 0 Å². The summed E-state index contributed by atoms with van der Waals surface area (Å²) in [6, 6.07) is 0. The summed E-state index contributed by atoms with van der Waals surface area (Å²) in [6.45, 7) is 1.17. The monoisotopic (exact) mass is 124 g/mol. The van der Waals surface area contributed by atoms with Gasteiger partial charge in [-0.1, -0.05) is 0 Å². The van der Waals surface area contributed by atoms with E-state index < -0.39 is 0 Å². The Kier molecular flexibility index (Phi) is 1.27. The summed E-state index contributed by atoms with van der Waals surface area (Å²) in [4.78, 5) is 4.32. The molecule has 2 rings (SSSR count). The Bertz CT molecular complexity index is 131. The fraction of sp³-hybridized carbons (Fsp3) is 0.857. The smallest absolute Gasteiger partial charge is 0.102 e. The molecule has 0 saturated carbocycles. The number of piperidine rings is 1. The third-order valence-electron chi connectivity index (χ3n) is 2.23. The van der Waals surface area contributed by atoms with E-state index in [0.29, 0.717) is 6.17 Å². The van der Waals surface area contributed by atoms with Crippen molar-refractivity contribution >= 4 is 6.21 Å². The van der Waals surface area contributed by atoms with Gasteiger partial charge in [-0.15, -0.1) is 0 Å². The van der Waals surface area contributed by atoms with Gasteiger partial charge in [-0.2, -0.15) is 0 Å². The topological polar surface area (TPSA) is 24.4 Å². The molecule has 1 saturated heterocycles. The first-order valence-corrected chi connectivity index (χ1v) is 3.72. The molecular weight excluding hydrogens is 112 g/mol. The summed E-state index contributed by atoms with van der Waals surface area (Å²) in [5, 5.41) is 3.38. The van der Waals surface area contributed by atoms with Crippen LogP contribution in [0.1, 0.15) is 19.3 Å². The highest BCUT2D eigenvalue weighted by atomic mass is 15.1. The van der Waals surface area contributed by atoms with Crippen LogP contribution in [0, 0.1) is 5.92 Å². The molecule has 9 heavy (non-hydrogen) atoms. The Morgan fingerprint density at radius 3 is 3.44 bits per heavy atom. The summed E-state index contributed by atoms with van der Waals surface area (Å²) >= 11 is 0. The molecule has 0 aromatic heterocycles. The summed E-state index contributed by atoms with van der Waals surface area (Å²) < 4.78 is 0. The molecule has 2 aliphatic rings. The maximum atomic E-state index is 4.32. The second-order valence-electron chi connectivity index (χ2n) is 2.87. The number of fused-ring (bicyclic) bond motifs is 1. The van der Waals surface area contributed by atoms with E-state index in [9.17, 15) is 0 Å². The first-order chi connectivity index (χ1) is 4.47. The lowest BCUT2D eigenvalue weighted by atomic mass is 9.96. The van der Waals surface area contributed by atoms with Gasteiger partial charge in [0.1, 0.15) is 6.17 Å². The van der Waals surface area contributed by atoms with Crippen LogP contribution in [0.25, 0.3) is 0 Å². The largest absolute Gasteiger partial charge is 0.296 e. The highest BCUT2D eigenvalue weighted by Gasteiger charge is 2.25. The number of hydrogen-bond donors (Lipinski definition) is 1. The lowest BCUT2D eigenvalue weighted by molar-refractivity contribution is 0.314. The molecular formula is C7H12N2. The second-order valence-corrected chi connectivity index (χ2v) is 2.87. The van der Waals surface area contributed by atoms with Crippen LogP contribution in [-0.4, -0.2) is 18.9 Å². The molecule has 0 bridgehead atoms. The molecule has 50 valence electrons. The summed E-state index contributed by atoms with van der Waals surface area (Å²) in [7, 11) is 0. The number of nitrogens with zero attached hydrogens (tertiary/aromatic N) is 1. The fourth-order valence-electron chi connectivity index (χ4n) is 1.67. The van der Waals surface area contributed by atoms with E-state index in [1.165, 1.54) is 25.8 Å². The first kappa shape index (κ1) is 5.42. The molecule has 1 N–H and O–H groups in total. The van der Waals surface area contributed by atoms with Crippen molar-refractivity contribution in [3.63, 3.8) is 0 Å². The SMILES string of the molecule is C1=N[C@H]2NCCC[C@@H]2C1. The summed E-state index contributed by atoms with van der Waals surface area (Å²) in [5.41, 5.74) is 0. The standard InChI is InChI=1S/C7H12N2/c1-2-6-3-5-9-7(6)8-4-1/h5-8H,1-4H2/t6-,7-/m1/s1. The highest BCUT2D eigenvalue weighted by Crippen LogP contribution is 2.23. The van der Waals surface area contributed by atoms with Crippen molar-refractivity contribution in [2.75, 3.05) is 6.54 Å².